The van der Waals surface area contributed by atoms with Crippen molar-refractivity contribution >= 4 is 17.6 Å². The van der Waals surface area contributed by atoms with Gasteiger partial charge in [0, 0.05) is 24.0 Å². The molecule has 0 radical (unpaired) electrons. The number of benzene rings is 1. The summed E-state index contributed by atoms with van der Waals surface area (Å²) in [4.78, 5) is 15.8. The first-order valence-electron chi connectivity index (χ1n) is 6.34. The van der Waals surface area contributed by atoms with E-state index in [4.69, 9.17) is 11.6 Å². The Morgan fingerprint density at radius 1 is 1.35 bits per heavy atom. The Morgan fingerprint density at radius 3 is 2.90 bits per heavy atom. The number of carbonyl (C=O) groups excluding carboxylic acids is 1. The Labute approximate surface area is 123 Å². The highest BCUT2D eigenvalue weighted by Gasteiger charge is 2.09. The number of hydrogen-bond acceptors (Lipinski definition) is 2. The van der Waals surface area contributed by atoms with E-state index in [1.165, 1.54) is 0 Å². The molecule has 0 aliphatic rings. The maximum absolute atomic E-state index is 11.8. The largest absolute Gasteiger partial charge is 0.334 e. The molecule has 1 aromatic carbocycles. The van der Waals surface area contributed by atoms with Crippen molar-refractivity contribution in [2.75, 3.05) is 0 Å². The molecule has 0 saturated carbocycles. The quantitative estimate of drug-likeness (QED) is 0.907. The predicted octanol–water partition coefficient (Wildman–Crippen LogP) is 3.30. The molecule has 2 rings (SSSR count). The van der Waals surface area contributed by atoms with E-state index in [0.717, 1.165) is 11.1 Å². The minimum Gasteiger partial charge on any atom is -0.334 e. The van der Waals surface area contributed by atoms with Crippen LogP contribution in [0.15, 0.2) is 48.8 Å². The number of urea groups is 1. The highest BCUT2D eigenvalue weighted by atomic mass is 35.5. The summed E-state index contributed by atoms with van der Waals surface area (Å²) in [6.45, 7) is 2.36. The maximum atomic E-state index is 11.8. The van der Waals surface area contributed by atoms with E-state index in [-0.39, 0.29) is 12.1 Å². The molecule has 1 unspecified atom stereocenters. The molecule has 1 aromatic heterocycles. The smallest absolute Gasteiger partial charge is 0.315 e. The first-order valence-corrected chi connectivity index (χ1v) is 6.71. The van der Waals surface area contributed by atoms with Crippen molar-refractivity contribution in [3.63, 3.8) is 0 Å². The fourth-order valence-corrected chi connectivity index (χ4v) is 1.99. The van der Waals surface area contributed by atoms with Crippen molar-refractivity contribution in [2.24, 2.45) is 0 Å². The number of pyridine rings is 1. The Balaban J connectivity index is 1.85. The summed E-state index contributed by atoms with van der Waals surface area (Å²) in [5.41, 5.74) is 1.92. The first kappa shape index (κ1) is 14.3. The second kappa shape index (κ2) is 6.91. The van der Waals surface area contributed by atoms with Crippen LogP contribution in [-0.2, 0) is 6.54 Å². The lowest BCUT2D eigenvalue weighted by Gasteiger charge is -2.15. The van der Waals surface area contributed by atoms with E-state index in [9.17, 15) is 4.79 Å². The number of amides is 2. The van der Waals surface area contributed by atoms with Crippen LogP contribution in [0.25, 0.3) is 0 Å². The average molecular weight is 290 g/mol. The summed E-state index contributed by atoms with van der Waals surface area (Å²) in [5.74, 6) is 0. The van der Waals surface area contributed by atoms with Crippen molar-refractivity contribution in [3.8, 4) is 0 Å². The number of nitrogens with zero attached hydrogens (tertiary/aromatic N) is 1. The topological polar surface area (TPSA) is 54.0 Å². The average Bonchev–Trinajstić information content (AvgIpc) is 2.46. The molecule has 0 aliphatic heterocycles. The summed E-state index contributed by atoms with van der Waals surface area (Å²) >= 11 is 5.93. The third kappa shape index (κ3) is 4.24. The fraction of sp³-hybridized carbons (Fsp3) is 0.200. The van der Waals surface area contributed by atoms with Crippen molar-refractivity contribution in [1.29, 1.82) is 0 Å². The number of rotatable bonds is 4. The summed E-state index contributed by atoms with van der Waals surface area (Å²) in [5, 5.41) is 6.31. The number of carbonyl (C=O) groups is 1. The molecule has 0 bridgehead atoms. The van der Waals surface area contributed by atoms with E-state index in [0.29, 0.717) is 11.6 Å². The summed E-state index contributed by atoms with van der Waals surface area (Å²) in [6, 6.07) is 10.9. The molecule has 2 amide bonds. The van der Waals surface area contributed by atoms with Gasteiger partial charge in [0.2, 0.25) is 0 Å². The van der Waals surface area contributed by atoms with Gasteiger partial charge in [-0.25, -0.2) is 4.79 Å². The zero-order valence-electron chi connectivity index (χ0n) is 11.1. The number of hydrogen-bond donors (Lipinski definition) is 2. The van der Waals surface area contributed by atoms with Gasteiger partial charge in [-0.1, -0.05) is 29.8 Å². The third-order valence-corrected chi connectivity index (χ3v) is 3.11. The SMILES string of the molecule is CC(NC(=O)NCc1cccnc1)c1cccc(Cl)c1. The van der Waals surface area contributed by atoms with Gasteiger partial charge in [0.25, 0.3) is 0 Å². The van der Waals surface area contributed by atoms with Gasteiger partial charge in [-0.2, -0.15) is 0 Å². The van der Waals surface area contributed by atoms with Crippen LogP contribution in [0.2, 0.25) is 5.02 Å². The van der Waals surface area contributed by atoms with Gasteiger partial charge < -0.3 is 10.6 Å². The van der Waals surface area contributed by atoms with Gasteiger partial charge in [-0.15, -0.1) is 0 Å². The molecule has 0 fully saturated rings. The van der Waals surface area contributed by atoms with Crippen LogP contribution in [-0.4, -0.2) is 11.0 Å². The lowest BCUT2D eigenvalue weighted by atomic mass is 10.1. The Bertz CT molecular complexity index is 574. The van der Waals surface area contributed by atoms with Gasteiger partial charge >= 0.3 is 6.03 Å². The molecule has 0 saturated heterocycles. The van der Waals surface area contributed by atoms with Gasteiger partial charge in [-0.05, 0) is 36.2 Å². The van der Waals surface area contributed by atoms with Crippen LogP contribution in [0.1, 0.15) is 24.1 Å². The Kier molecular flexibility index (Phi) is 4.96. The third-order valence-electron chi connectivity index (χ3n) is 2.87. The zero-order chi connectivity index (χ0) is 14.4. The molecule has 20 heavy (non-hydrogen) atoms. The van der Waals surface area contributed by atoms with Crippen LogP contribution in [0.5, 0.6) is 0 Å². The van der Waals surface area contributed by atoms with Crippen LogP contribution < -0.4 is 10.6 Å². The Hall–Kier alpha value is -2.07. The van der Waals surface area contributed by atoms with Gasteiger partial charge in [0.1, 0.15) is 0 Å². The van der Waals surface area contributed by atoms with Crippen molar-refractivity contribution in [1.82, 2.24) is 15.6 Å². The number of aromatic nitrogens is 1. The van der Waals surface area contributed by atoms with E-state index in [1.807, 2.05) is 37.3 Å². The zero-order valence-corrected chi connectivity index (χ0v) is 11.9. The van der Waals surface area contributed by atoms with Gasteiger partial charge in [0.05, 0.1) is 6.04 Å². The molecule has 2 aromatic rings. The normalized spacial score (nSPS) is 11.7. The summed E-state index contributed by atoms with van der Waals surface area (Å²) in [7, 11) is 0. The van der Waals surface area contributed by atoms with Crippen LogP contribution in [0.3, 0.4) is 0 Å². The maximum Gasteiger partial charge on any atom is 0.315 e. The second-order valence-corrected chi connectivity index (χ2v) is 4.90. The van der Waals surface area contributed by atoms with Crippen LogP contribution in [0, 0.1) is 0 Å². The lowest BCUT2D eigenvalue weighted by molar-refractivity contribution is 0.237. The summed E-state index contributed by atoms with van der Waals surface area (Å²) < 4.78 is 0. The van der Waals surface area contributed by atoms with Gasteiger partial charge in [-0.3, -0.25) is 4.98 Å². The summed E-state index contributed by atoms with van der Waals surface area (Å²) in [6.07, 6.45) is 3.42. The van der Waals surface area contributed by atoms with E-state index in [2.05, 4.69) is 15.6 Å². The highest BCUT2D eigenvalue weighted by molar-refractivity contribution is 6.30. The van der Waals surface area contributed by atoms with Crippen molar-refractivity contribution in [3.05, 3.63) is 64.9 Å². The number of nitrogens with one attached hydrogen (secondary N) is 2. The second-order valence-electron chi connectivity index (χ2n) is 4.46. The van der Waals surface area contributed by atoms with Crippen molar-refractivity contribution in [2.45, 2.75) is 19.5 Å². The molecule has 0 aliphatic carbocycles. The molecular formula is C15H16ClN3O. The fourth-order valence-electron chi connectivity index (χ4n) is 1.79. The lowest BCUT2D eigenvalue weighted by Crippen LogP contribution is -2.36. The minimum absolute atomic E-state index is 0.109. The minimum atomic E-state index is -0.221. The van der Waals surface area contributed by atoms with E-state index in [1.54, 1.807) is 18.5 Å². The van der Waals surface area contributed by atoms with E-state index >= 15 is 0 Å². The molecular weight excluding hydrogens is 274 g/mol. The standard InChI is InChI=1S/C15H16ClN3O/c1-11(13-5-2-6-14(16)8-13)19-15(20)18-10-12-4-3-7-17-9-12/h2-9,11H,10H2,1H3,(H2,18,19,20). The molecule has 1 atom stereocenters. The van der Waals surface area contributed by atoms with E-state index < -0.39 is 0 Å². The Morgan fingerprint density at radius 2 is 2.20 bits per heavy atom. The van der Waals surface area contributed by atoms with Crippen LogP contribution >= 0.6 is 11.6 Å². The molecule has 2 N–H and O–H groups in total. The highest BCUT2D eigenvalue weighted by Crippen LogP contribution is 2.17. The van der Waals surface area contributed by atoms with Crippen LogP contribution in [0.4, 0.5) is 4.79 Å². The monoisotopic (exact) mass is 289 g/mol. The van der Waals surface area contributed by atoms with Gasteiger partial charge in [0.15, 0.2) is 0 Å². The predicted molar refractivity (Wildman–Crippen MR) is 79.5 cm³/mol. The van der Waals surface area contributed by atoms with Crippen molar-refractivity contribution < 1.29 is 4.79 Å². The molecule has 4 nitrogen and oxygen atoms in total. The molecule has 5 heteroatoms. The molecule has 0 spiro atoms. The number of halogens is 1. The molecule has 104 valence electrons. The molecule has 1 heterocycles. The first-order chi connectivity index (χ1) is 9.65.